The zero-order valence-electron chi connectivity index (χ0n) is 49.0. The van der Waals surface area contributed by atoms with Crippen LogP contribution in [0, 0.1) is 0 Å². The van der Waals surface area contributed by atoms with Gasteiger partial charge in [-0.05, 0) is 196 Å². The molecule has 2 spiro atoms. The lowest BCUT2D eigenvalue weighted by molar-refractivity contribution is 0.817. The molecule has 0 saturated carbocycles. The molecule has 0 saturated heterocycles. The van der Waals surface area contributed by atoms with Gasteiger partial charge in [-0.15, -0.1) is 22.7 Å². The number of nitrogens with one attached hydrogen (secondary N) is 1. The molecule has 14 aromatic carbocycles. The molecule has 6 aliphatic rings. The van der Waals surface area contributed by atoms with Crippen molar-refractivity contribution in [3.05, 3.63) is 352 Å². The van der Waals surface area contributed by atoms with Crippen molar-refractivity contribution in [3.63, 3.8) is 0 Å². The summed E-state index contributed by atoms with van der Waals surface area (Å²) < 4.78 is 6.44. The highest BCUT2D eigenvalue weighted by molar-refractivity contribution is 9.10. The summed E-state index contributed by atoms with van der Waals surface area (Å²) in [6.07, 6.45) is 0. The molecule has 2 unspecified atom stereocenters. The topological polar surface area (TPSA) is 15.3 Å². The molecule has 22 rings (SSSR count). The Bertz CT molecular complexity index is 5730. The molecule has 91 heavy (non-hydrogen) atoms. The molecule has 6 aliphatic carbocycles. The maximum Gasteiger partial charge on any atom is 0.0738 e. The summed E-state index contributed by atoms with van der Waals surface area (Å²) in [5.74, 6) is 0. The van der Waals surface area contributed by atoms with E-state index < -0.39 is 0 Å². The van der Waals surface area contributed by atoms with E-state index in [4.69, 9.17) is 0 Å². The molecular formula is C86H51BrN2S2. The van der Waals surface area contributed by atoms with Gasteiger partial charge in [0.2, 0.25) is 0 Å². The van der Waals surface area contributed by atoms with E-state index in [2.05, 4.69) is 311 Å². The van der Waals surface area contributed by atoms with Gasteiger partial charge >= 0.3 is 0 Å². The Morgan fingerprint density at radius 3 is 1.24 bits per heavy atom. The van der Waals surface area contributed by atoms with Crippen molar-refractivity contribution in [2.45, 2.75) is 10.8 Å². The lowest BCUT2D eigenvalue weighted by Gasteiger charge is -2.30. The van der Waals surface area contributed by atoms with Gasteiger partial charge in [-0.1, -0.05) is 234 Å². The summed E-state index contributed by atoms with van der Waals surface area (Å²) >= 11 is 7.45. The quantitative estimate of drug-likeness (QED) is 0.185. The normalized spacial score (nSPS) is 15.8. The molecular weight excluding hydrogens is 1200 g/mol. The van der Waals surface area contributed by atoms with Gasteiger partial charge in [0, 0.05) is 67.6 Å². The fraction of sp³-hybridized carbons (Fsp3) is 0.0233. The minimum Gasteiger partial charge on any atom is -0.355 e. The molecule has 424 valence electrons. The minimum absolute atomic E-state index is 0.145. The van der Waals surface area contributed by atoms with E-state index in [0.717, 1.165) is 15.8 Å². The molecule has 0 amide bonds. The highest BCUT2D eigenvalue weighted by atomic mass is 79.9. The molecule has 16 aromatic rings. The molecule has 5 heteroatoms. The van der Waals surface area contributed by atoms with E-state index in [-0.39, 0.29) is 10.8 Å². The van der Waals surface area contributed by atoms with Crippen molar-refractivity contribution in [1.82, 2.24) is 0 Å². The smallest absolute Gasteiger partial charge is 0.0738 e. The Kier molecular flexibility index (Phi) is 10.9. The number of benzene rings is 14. The number of fused-ring (bicyclic) bond motifs is 16. The molecule has 2 atom stereocenters. The maximum atomic E-state index is 3.73. The van der Waals surface area contributed by atoms with Crippen molar-refractivity contribution in [2.24, 2.45) is 0 Å². The van der Waals surface area contributed by atoms with Crippen molar-refractivity contribution >= 4 is 107 Å². The van der Waals surface area contributed by atoms with Crippen LogP contribution < -0.4 is 10.2 Å². The summed E-state index contributed by atoms with van der Waals surface area (Å²) in [5.41, 5.74) is 33.5. The van der Waals surface area contributed by atoms with E-state index in [1.54, 1.807) is 0 Å². The second-order valence-corrected chi connectivity index (χ2v) is 27.7. The van der Waals surface area contributed by atoms with Gasteiger partial charge in [0.05, 0.1) is 16.5 Å². The van der Waals surface area contributed by atoms with Gasteiger partial charge in [0.15, 0.2) is 0 Å². The first-order valence-electron chi connectivity index (χ1n) is 31.2. The second kappa shape index (κ2) is 19.3. The molecule has 0 radical (unpaired) electrons. The van der Waals surface area contributed by atoms with Gasteiger partial charge in [0.25, 0.3) is 0 Å². The third-order valence-corrected chi connectivity index (χ3v) is 23.1. The molecule has 0 aliphatic heterocycles. The highest BCUT2D eigenvalue weighted by Gasteiger charge is 2.59. The zero-order chi connectivity index (χ0) is 59.7. The predicted octanol–water partition coefficient (Wildman–Crippen LogP) is 24.4. The van der Waals surface area contributed by atoms with Gasteiger partial charge < -0.3 is 10.2 Å². The highest BCUT2D eigenvalue weighted by Crippen LogP contribution is 2.72. The van der Waals surface area contributed by atoms with Crippen LogP contribution in [0.5, 0.6) is 0 Å². The number of rotatable bonds is 5. The molecule has 0 bridgehead atoms. The average Bonchev–Trinajstić information content (AvgIpc) is 1.49. The number of anilines is 5. The lowest BCUT2D eigenvalue weighted by atomic mass is 9.73. The van der Waals surface area contributed by atoms with E-state index >= 15 is 0 Å². The van der Waals surface area contributed by atoms with Crippen molar-refractivity contribution in [2.75, 3.05) is 10.2 Å². The summed E-state index contributed by atoms with van der Waals surface area (Å²) in [4.78, 5) is 2.48. The number of halogens is 1. The van der Waals surface area contributed by atoms with Crippen LogP contribution in [0.1, 0.15) is 44.5 Å². The Labute approximate surface area is 543 Å². The Morgan fingerprint density at radius 1 is 0.286 bits per heavy atom. The summed E-state index contributed by atoms with van der Waals surface area (Å²) in [6.45, 7) is 0. The van der Waals surface area contributed by atoms with Crippen LogP contribution in [-0.2, 0) is 10.8 Å². The first-order chi connectivity index (χ1) is 45.1. The van der Waals surface area contributed by atoms with Crippen molar-refractivity contribution in [3.8, 4) is 66.8 Å². The average molecular weight is 1260 g/mol. The van der Waals surface area contributed by atoms with Gasteiger partial charge in [-0.3, -0.25) is 0 Å². The van der Waals surface area contributed by atoms with E-state index in [1.807, 2.05) is 40.9 Å². The van der Waals surface area contributed by atoms with Crippen LogP contribution in [0.3, 0.4) is 0 Å². The van der Waals surface area contributed by atoms with Crippen LogP contribution in [0.15, 0.2) is 308 Å². The summed E-state index contributed by atoms with van der Waals surface area (Å²) in [6, 6.07) is 111. The lowest BCUT2D eigenvalue weighted by Crippen LogP contribution is -2.23. The van der Waals surface area contributed by atoms with E-state index in [0.29, 0.717) is 0 Å². The van der Waals surface area contributed by atoms with Crippen molar-refractivity contribution < 1.29 is 0 Å². The Hall–Kier alpha value is -10.4. The third-order valence-electron chi connectivity index (χ3n) is 20.3. The van der Waals surface area contributed by atoms with Crippen LogP contribution in [0.4, 0.5) is 28.4 Å². The first kappa shape index (κ1) is 51.5. The second-order valence-electron chi connectivity index (χ2n) is 24.6. The van der Waals surface area contributed by atoms with Gasteiger partial charge in [-0.25, -0.2) is 0 Å². The molecule has 2 heterocycles. The zero-order valence-corrected chi connectivity index (χ0v) is 52.2. The molecule has 0 fully saturated rings. The number of nitrogens with zero attached hydrogens (tertiary/aromatic N) is 1. The SMILES string of the molecule is Brc1ccc2c(c1)C13c4ccccc4-c4cccc(c41)-c1cccc-2c13.c1ccc(N(c2ccc3c(c2)C24c5ccccc5-c5cccc(c52)-c2cccc-3c24)c2cccc3sc4ccccc4c23)cc1.c1ccc(Nc2cccc3sc4ccccc4c23)cc1. The molecule has 2 aromatic heterocycles. The number of hydrogen-bond acceptors (Lipinski definition) is 4. The largest absolute Gasteiger partial charge is 0.355 e. The Morgan fingerprint density at radius 2 is 0.681 bits per heavy atom. The molecule has 2 nitrogen and oxygen atoms in total. The van der Waals surface area contributed by atoms with Gasteiger partial charge in [0.1, 0.15) is 0 Å². The number of para-hydroxylation sites is 2. The van der Waals surface area contributed by atoms with Gasteiger partial charge in [-0.2, -0.15) is 0 Å². The van der Waals surface area contributed by atoms with Crippen LogP contribution in [0.2, 0.25) is 0 Å². The standard InChI is InChI=1S/C43H25NS.C25H13Br.C18H13NS/c1-2-11-26(12-3-1)44(37-20-10-22-39-40(37)34-14-5-7-21-38(34)45-39)27-23-24-29-31-16-9-18-33-32-17-8-15-30-28-13-4-6-19-35(28)43(41(30)32,42(31)33)36(29)25-27;26-14-11-12-16-18-7-4-9-20-19-8-3-6-17-15-5-1-2-10-21(15)25(23(17)19,24(18)20)22(16)13-14;1-2-7-13(8-3-1)19-15-10-6-12-17-18(15)14-9-4-5-11-16(14)20-17/h1-25H;1-13H;1-12,19H. The van der Waals surface area contributed by atoms with E-state index in [1.165, 1.54) is 169 Å². The molecule has 1 N–H and O–H groups in total. The van der Waals surface area contributed by atoms with Crippen LogP contribution in [0.25, 0.3) is 107 Å². The summed E-state index contributed by atoms with van der Waals surface area (Å²) in [7, 11) is 0. The fourth-order valence-electron chi connectivity index (χ4n) is 17.1. The van der Waals surface area contributed by atoms with Crippen LogP contribution in [-0.4, -0.2) is 0 Å². The maximum absolute atomic E-state index is 3.73. The first-order valence-corrected chi connectivity index (χ1v) is 33.7. The minimum atomic E-state index is -0.302. The number of thiophene rings is 2. The monoisotopic (exact) mass is 1250 g/mol. The van der Waals surface area contributed by atoms with Crippen LogP contribution >= 0.6 is 38.6 Å². The van der Waals surface area contributed by atoms with E-state index in [9.17, 15) is 0 Å². The fourth-order valence-corrected chi connectivity index (χ4v) is 19.7. The number of hydrogen-bond donors (Lipinski definition) is 1. The predicted molar refractivity (Wildman–Crippen MR) is 388 cm³/mol. The Balaban J connectivity index is 0.000000105. The summed E-state index contributed by atoms with van der Waals surface area (Å²) in [5, 5.41) is 8.80. The van der Waals surface area contributed by atoms with Crippen molar-refractivity contribution in [1.29, 1.82) is 0 Å². The third kappa shape index (κ3) is 6.90.